The molecule has 0 saturated carbocycles. The van der Waals surface area contributed by atoms with Gasteiger partial charge in [0.2, 0.25) is 5.13 Å². The summed E-state index contributed by atoms with van der Waals surface area (Å²) in [5.74, 6) is 0.217. The molecule has 0 spiro atoms. The van der Waals surface area contributed by atoms with Crippen LogP contribution in [0.15, 0.2) is 57.8 Å². The molecule has 0 radical (unpaired) electrons. The first kappa shape index (κ1) is 19.2. The summed E-state index contributed by atoms with van der Waals surface area (Å²) in [6.45, 7) is 3.61. The maximum atomic E-state index is 12.8. The Kier molecular flexibility index (Phi) is 5.66. The molecule has 3 aromatic rings. The lowest BCUT2D eigenvalue weighted by atomic mass is 10.1. The number of benzene rings is 1. The maximum absolute atomic E-state index is 12.8. The van der Waals surface area contributed by atoms with E-state index in [2.05, 4.69) is 22.1 Å². The van der Waals surface area contributed by atoms with Gasteiger partial charge in [-0.2, -0.15) is 13.2 Å². The largest absolute Gasteiger partial charge is 0.451 e. The van der Waals surface area contributed by atoms with Crippen LogP contribution in [0, 0.1) is 0 Å². The fraction of sp³-hybridized carbons (Fsp3) is 0.118. The summed E-state index contributed by atoms with van der Waals surface area (Å²) in [4.78, 5) is 12.2. The Bertz CT molecular complexity index is 966. The van der Waals surface area contributed by atoms with Gasteiger partial charge in [0.1, 0.15) is 5.76 Å². The van der Waals surface area contributed by atoms with E-state index in [0.717, 1.165) is 12.1 Å². The van der Waals surface area contributed by atoms with Crippen molar-refractivity contribution < 1.29 is 22.4 Å². The van der Waals surface area contributed by atoms with Crippen molar-refractivity contribution in [2.75, 3.05) is 11.1 Å². The van der Waals surface area contributed by atoms with E-state index in [1.165, 1.54) is 47.4 Å². The second-order valence-corrected chi connectivity index (χ2v) is 7.41. The maximum Gasteiger partial charge on any atom is 0.416 e. The number of halogens is 3. The lowest BCUT2D eigenvalue weighted by molar-refractivity contribution is -0.137. The van der Waals surface area contributed by atoms with Crippen molar-refractivity contribution in [2.24, 2.45) is 0 Å². The molecule has 2 aromatic heterocycles. The van der Waals surface area contributed by atoms with Crippen LogP contribution in [0.4, 0.5) is 18.3 Å². The van der Waals surface area contributed by atoms with Gasteiger partial charge >= 0.3 is 6.18 Å². The monoisotopic (exact) mass is 411 g/mol. The Morgan fingerprint density at radius 1 is 1.30 bits per heavy atom. The summed E-state index contributed by atoms with van der Waals surface area (Å²) in [6.07, 6.45) is -2.73. The molecule has 1 N–H and O–H groups in total. The summed E-state index contributed by atoms with van der Waals surface area (Å²) >= 11 is 2.63. The number of aromatic nitrogens is 2. The van der Waals surface area contributed by atoms with E-state index in [9.17, 15) is 18.0 Å². The summed E-state index contributed by atoms with van der Waals surface area (Å²) in [5, 5.41) is 10.6. The van der Waals surface area contributed by atoms with Gasteiger partial charge in [-0.15, -0.1) is 16.8 Å². The minimum atomic E-state index is -4.46. The van der Waals surface area contributed by atoms with Gasteiger partial charge in [-0.25, -0.2) is 0 Å². The van der Waals surface area contributed by atoms with Crippen molar-refractivity contribution in [2.45, 2.75) is 10.5 Å². The van der Waals surface area contributed by atoms with Crippen LogP contribution in [0.2, 0.25) is 0 Å². The van der Waals surface area contributed by atoms with Gasteiger partial charge in [0, 0.05) is 11.3 Å². The minimum absolute atomic E-state index is 0.0436. The van der Waals surface area contributed by atoms with Crippen LogP contribution in [-0.2, 0) is 6.18 Å². The fourth-order valence-electron chi connectivity index (χ4n) is 2.07. The van der Waals surface area contributed by atoms with Crippen LogP contribution in [0.25, 0.3) is 11.3 Å². The van der Waals surface area contributed by atoms with Crippen molar-refractivity contribution in [3.8, 4) is 11.3 Å². The SMILES string of the molecule is C=CCSc1nnc(NC(=O)c2ccc(-c3cccc(C(F)(F)F)c3)o2)s1. The van der Waals surface area contributed by atoms with Crippen molar-refractivity contribution in [3.63, 3.8) is 0 Å². The highest BCUT2D eigenvalue weighted by Gasteiger charge is 2.30. The predicted octanol–water partition coefficient (Wildman–Crippen LogP) is 5.35. The van der Waals surface area contributed by atoms with Crippen LogP contribution in [-0.4, -0.2) is 21.9 Å². The van der Waals surface area contributed by atoms with Crippen molar-refractivity contribution in [1.29, 1.82) is 0 Å². The molecule has 0 atom stereocenters. The number of amides is 1. The Morgan fingerprint density at radius 2 is 2.11 bits per heavy atom. The molecular weight excluding hydrogens is 399 g/mol. The summed E-state index contributed by atoms with van der Waals surface area (Å²) < 4.78 is 44.6. The number of nitrogens with zero attached hydrogens (tertiary/aromatic N) is 2. The van der Waals surface area contributed by atoms with Gasteiger partial charge in [0.05, 0.1) is 5.56 Å². The molecular formula is C17H12F3N3O2S2. The van der Waals surface area contributed by atoms with E-state index in [0.29, 0.717) is 15.2 Å². The predicted molar refractivity (Wildman–Crippen MR) is 97.9 cm³/mol. The average Bonchev–Trinajstić information content (AvgIpc) is 3.29. The number of alkyl halides is 3. The number of carbonyl (C=O) groups is 1. The molecule has 0 saturated heterocycles. The van der Waals surface area contributed by atoms with E-state index in [4.69, 9.17) is 4.42 Å². The second-order valence-electron chi connectivity index (χ2n) is 5.17. The molecule has 3 rings (SSSR count). The molecule has 5 nitrogen and oxygen atoms in total. The second kappa shape index (κ2) is 7.97. The molecule has 2 heterocycles. The number of rotatable bonds is 6. The zero-order valence-corrected chi connectivity index (χ0v) is 15.2. The third-order valence-electron chi connectivity index (χ3n) is 3.26. The average molecular weight is 411 g/mol. The molecule has 0 fully saturated rings. The molecule has 1 amide bonds. The number of nitrogens with one attached hydrogen (secondary N) is 1. The van der Waals surface area contributed by atoms with Crippen molar-refractivity contribution in [3.05, 3.63) is 60.4 Å². The van der Waals surface area contributed by atoms with E-state index in [1.807, 2.05) is 0 Å². The normalized spacial score (nSPS) is 11.4. The van der Waals surface area contributed by atoms with Crippen molar-refractivity contribution >= 4 is 34.1 Å². The van der Waals surface area contributed by atoms with Gasteiger partial charge in [-0.05, 0) is 24.3 Å². The number of thioether (sulfide) groups is 1. The highest BCUT2D eigenvalue weighted by molar-refractivity contribution is 8.01. The Morgan fingerprint density at radius 3 is 2.85 bits per heavy atom. The molecule has 10 heteroatoms. The first-order chi connectivity index (χ1) is 12.9. The van der Waals surface area contributed by atoms with E-state index in [-0.39, 0.29) is 17.1 Å². The Labute approximate surface area is 160 Å². The first-order valence-electron chi connectivity index (χ1n) is 7.53. The van der Waals surface area contributed by atoms with Crippen LogP contribution < -0.4 is 5.32 Å². The lowest BCUT2D eigenvalue weighted by Gasteiger charge is -2.07. The van der Waals surface area contributed by atoms with Gasteiger partial charge in [0.25, 0.3) is 5.91 Å². The molecule has 0 aliphatic heterocycles. The number of anilines is 1. The third-order valence-corrected chi connectivity index (χ3v) is 5.22. The molecule has 0 aliphatic rings. The smallest absolute Gasteiger partial charge is 0.416 e. The number of carbonyl (C=O) groups excluding carboxylic acids is 1. The van der Waals surface area contributed by atoms with Crippen molar-refractivity contribution in [1.82, 2.24) is 10.2 Å². The lowest BCUT2D eigenvalue weighted by Crippen LogP contribution is -2.10. The number of furan rings is 1. The third kappa shape index (κ3) is 4.77. The number of hydrogen-bond acceptors (Lipinski definition) is 6. The molecule has 0 bridgehead atoms. The van der Waals surface area contributed by atoms with E-state index >= 15 is 0 Å². The van der Waals surface area contributed by atoms with Crippen LogP contribution in [0.5, 0.6) is 0 Å². The molecule has 140 valence electrons. The van der Waals surface area contributed by atoms with Crippen LogP contribution in [0.3, 0.4) is 0 Å². The Balaban J connectivity index is 1.73. The van der Waals surface area contributed by atoms with Crippen LogP contribution >= 0.6 is 23.1 Å². The number of hydrogen-bond donors (Lipinski definition) is 1. The minimum Gasteiger partial charge on any atom is -0.451 e. The zero-order valence-electron chi connectivity index (χ0n) is 13.6. The molecule has 1 aromatic carbocycles. The van der Waals surface area contributed by atoms with Gasteiger partial charge in [0.15, 0.2) is 10.1 Å². The topological polar surface area (TPSA) is 68.0 Å². The van der Waals surface area contributed by atoms with E-state index in [1.54, 1.807) is 6.08 Å². The van der Waals surface area contributed by atoms with Gasteiger partial charge in [-0.3, -0.25) is 10.1 Å². The van der Waals surface area contributed by atoms with Crippen LogP contribution in [0.1, 0.15) is 16.1 Å². The van der Waals surface area contributed by atoms with Gasteiger partial charge < -0.3 is 4.42 Å². The first-order valence-corrected chi connectivity index (χ1v) is 9.33. The standard InChI is InChI=1S/C17H12F3N3O2S2/c1-2-8-26-16-23-22-15(27-16)21-14(24)13-7-6-12(25-13)10-4-3-5-11(9-10)17(18,19)20/h2-7,9H,1,8H2,(H,21,22,24). The fourth-order valence-corrected chi connectivity index (χ4v) is 3.58. The zero-order chi connectivity index (χ0) is 19.4. The molecule has 27 heavy (non-hydrogen) atoms. The highest BCUT2D eigenvalue weighted by atomic mass is 32.2. The van der Waals surface area contributed by atoms with Gasteiger partial charge in [-0.1, -0.05) is 41.3 Å². The summed E-state index contributed by atoms with van der Waals surface area (Å²) in [5.41, 5.74) is -0.566. The highest BCUT2D eigenvalue weighted by Crippen LogP contribution is 2.33. The summed E-state index contributed by atoms with van der Waals surface area (Å²) in [7, 11) is 0. The Hall–Kier alpha value is -2.59. The molecule has 0 aliphatic carbocycles. The molecule has 0 unspecified atom stereocenters. The summed E-state index contributed by atoms with van der Waals surface area (Å²) in [6, 6.07) is 7.52. The van der Waals surface area contributed by atoms with E-state index < -0.39 is 17.6 Å². The quantitative estimate of drug-likeness (QED) is 0.337.